The van der Waals surface area contributed by atoms with E-state index in [1.165, 1.54) is 25.2 Å². The van der Waals surface area contributed by atoms with Crippen molar-refractivity contribution < 1.29 is 23.5 Å². The summed E-state index contributed by atoms with van der Waals surface area (Å²) in [6, 6.07) is 10.9. The van der Waals surface area contributed by atoms with Crippen molar-refractivity contribution in [2.24, 2.45) is 0 Å². The Morgan fingerprint density at radius 1 is 1.03 bits per heavy atom. The molecule has 1 N–H and O–H groups in total. The number of ether oxygens (including phenoxy) is 1. The van der Waals surface area contributed by atoms with Crippen LogP contribution in [0.2, 0.25) is 0 Å². The van der Waals surface area contributed by atoms with Crippen molar-refractivity contribution in [3.05, 3.63) is 69.6 Å². The summed E-state index contributed by atoms with van der Waals surface area (Å²) in [6.45, 7) is 1.52. The highest BCUT2D eigenvalue weighted by Gasteiger charge is 2.32. The van der Waals surface area contributed by atoms with Gasteiger partial charge in [0.2, 0.25) is 0 Å². The molecule has 2 heterocycles. The van der Waals surface area contributed by atoms with Crippen LogP contribution in [0.1, 0.15) is 26.3 Å². The maximum Gasteiger partial charge on any atom is 0.336 e. The third kappa shape index (κ3) is 3.36. The van der Waals surface area contributed by atoms with Gasteiger partial charge in [-0.05, 0) is 42.8 Å². The van der Waals surface area contributed by atoms with Gasteiger partial charge < -0.3 is 14.5 Å². The van der Waals surface area contributed by atoms with E-state index in [1.54, 1.807) is 31.2 Å². The molecule has 8 heteroatoms. The summed E-state index contributed by atoms with van der Waals surface area (Å²) in [7, 11) is 1.41. The number of carbonyl (C=O) groups is 3. The van der Waals surface area contributed by atoms with Crippen LogP contribution in [0.4, 0.5) is 5.69 Å². The van der Waals surface area contributed by atoms with Gasteiger partial charge in [-0.2, -0.15) is 0 Å². The van der Waals surface area contributed by atoms with Gasteiger partial charge in [0.05, 0.1) is 11.1 Å². The van der Waals surface area contributed by atoms with Gasteiger partial charge in [-0.3, -0.25) is 19.3 Å². The fourth-order valence-electron chi connectivity index (χ4n) is 3.18. The van der Waals surface area contributed by atoms with Crippen molar-refractivity contribution in [2.45, 2.75) is 6.92 Å². The van der Waals surface area contributed by atoms with Gasteiger partial charge in [0.25, 0.3) is 17.7 Å². The van der Waals surface area contributed by atoms with E-state index in [-0.39, 0.29) is 18.1 Å². The van der Waals surface area contributed by atoms with Gasteiger partial charge in [0.15, 0.2) is 6.61 Å². The van der Waals surface area contributed by atoms with Crippen molar-refractivity contribution in [2.75, 3.05) is 19.0 Å². The van der Waals surface area contributed by atoms with Crippen molar-refractivity contribution in [3.8, 4) is 5.75 Å². The van der Waals surface area contributed by atoms with Crippen LogP contribution in [-0.2, 0) is 4.79 Å². The highest BCUT2D eigenvalue weighted by atomic mass is 16.5. The number of hydrogen-bond acceptors (Lipinski definition) is 6. The van der Waals surface area contributed by atoms with Crippen molar-refractivity contribution in [1.29, 1.82) is 0 Å². The second-order valence-corrected chi connectivity index (χ2v) is 6.67. The van der Waals surface area contributed by atoms with Crippen molar-refractivity contribution in [3.63, 3.8) is 0 Å². The first kappa shape index (κ1) is 18.4. The third-order valence-electron chi connectivity index (χ3n) is 4.67. The third-order valence-corrected chi connectivity index (χ3v) is 4.67. The monoisotopic (exact) mass is 392 g/mol. The van der Waals surface area contributed by atoms with E-state index in [1.807, 2.05) is 0 Å². The van der Waals surface area contributed by atoms with E-state index in [4.69, 9.17) is 9.15 Å². The van der Waals surface area contributed by atoms with Crippen LogP contribution in [0.25, 0.3) is 11.0 Å². The van der Waals surface area contributed by atoms with Crippen LogP contribution in [0.5, 0.6) is 5.75 Å². The smallest absolute Gasteiger partial charge is 0.336 e. The topological polar surface area (TPSA) is 106 Å². The van der Waals surface area contributed by atoms with E-state index in [0.29, 0.717) is 22.6 Å². The summed E-state index contributed by atoms with van der Waals surface area (Å²) in [5.74, 6) is -0.853. The van der Waals surface area contributed by atoms with E-state index >= 15 is 0 Å². The quantitative estimate of drug-likeness (QED) is 0.540. The molecule has 146 valence electrons. The van der Waals surface area contributed by atoms with Gasteiger partial charge in [0, 0.05) is 30.3 Å². The van der Waals surface area contributed by atoms with Crippen LogP contribution < -0.4 is 15.7 Å². The minimum Gasteiger partial charge on any atom is -0.484 e. The molecule has 3 aromatic rings. The highest BCUT2D eigenvalue weighted by molar-refractivity contribution is 6.21. The number of aryl methyl sites for hydroxylation is 1. The number of carbonyl (C=O) groups excluding carboxylic acids is 3. The van der Waals surface area contributed by atoms with Crippen LogP contribution in [0, 0.1) is 6.92 Å². The molecule has 0 spiro atoms. The second-order valence-electron chi connectivity index (χ2n) is 6.67. The first-order chi connectivity index (χ1) is 13.8. The zero-order valence-corrected chi connectivity index (χ0v) is 15.6. The van der Waals surface area contributed by atoms with E-state index in [2.05, 4.69) is 5.32 Å². The fraction of sp³-hybridized carbons (Fsp3) is 0.143. The molecule has 0 bridgehead atoms. The van der Waals surface area contributed by atoms with Crippen molar-refractivity contribution in [1.82, 2.24) is 4.90 Å². The molecule has 0 saturated heterocycles. The molecule has 1 aliphatic heterocycles. The van der Waals surface area contributed by atoms with Gasteiger partial charge in [0.1, 0.15) is 11.3 Å². The number of hydrogen-bond donors (Lipinski definition) is 1. The largest absolute Gasteiger partial charge is 0.484 e. The summed E-state index contributed by atoms with van der Waals surface area (Å²) >= 11 is 0. The highest BCUT2D eigenvalue weighted by Crippen LogP contribution is 2.25. The van der Waals surface area contributed by atoms with Gasteiger partial charge >= 0.3 is 5.63 Å². The Morgan fingerprint density at radius 2 is 1.79 bits per heavy atom. The molecule has 1 aromatic heterocycles. The Bertz CT molecular complexity index is 1240. The normalized spacial score (nSPS) is 13.0. The molecule has 0 unspecified atom stereocenters. The maximum atomic E-state index is 12.2. The Balaban J connectivity index is 1.45. The summed E-state index contributed by atoms with van der Waals surface area (Å²) in [5, 5.41) is 3.41. The summed E-state index contributed by atoms with van der Waals surface area (Å²) in [5.41, 5.74) is 1.64. The Morgan fingerprint density at radius 3 is 2.59 bits per heavy atom. The zero-order chi connectivity index (χ0) is 20.7. The first-order valence-corrected chi connectivity index (χ1v) is 8.77. The zero-order valence-electron chi connectivity index (χ0n) is 15.6. The molecular formula is C21H16N2O6. The molecule has 0 fully saturated rings. The number of fused-ring (bicyclic) bond motifs is 2. The average Bonchev–Trinajstić information content (AvgIpc) is 2.90. The van der Waals surface area contributed by atoms with Crippen LogP contribution in [0.15, 0.2) is 51.7 Å². The molecule has 0 radical (unpaired) electrons. The Kier molecular flexibility index (Phi) is 4.38. The molecule has 3 amide bonds. The van der Waals surface area contributed by atoms with Crippen LogP contribution in [0.3, 0.4) is 0 Å². The predicted octanol–water partition coefficient (Wildman–Crippen LogP) is 2.34. The molecule has 0 aliphatic carbocycles. The van der Waals surface area contributed by atoms with Crippen LogP contribution >= 0.6 is 0 Å². The molecule has 1 aliphatic rings. The molecular weight excluding hydrogens is 376 g/mol. The Hall–Kier alpha value is -3.94. The van der Waals surface area contributed by atoms with Gasteiger partial charge in [-0.15, -0.1) is 0 Å². The number of imide groups is 1. The lowest BCUT2D eigenvalue weighted by atomic mass is 10.1. The fourth-order valence-corrected chi connectivity index (χ4v) is 3.18. The molecule has 29 heavy (non-hydrogen) atoms. The van der Waals surface area contributed by atoms with Crippen molar-refractivity contribution >= 4 is 34.4 Å². The lowest BCUT2D eigenvalue weighted by Gasteiger charge is -2.09. The standard InChI is InChI=1S/C21H16N2O6/c1-11-7-19(25)29-17-9-13(4-6-14(11)17)28-10-18(24)22-12-3-5-15-16(8-12)21(27)23(2)20(15)26/h3-9H,10H2,1-2H3,(H,22,24). The Labute approximate surface area is 164 Å². The number of rotatable bonds is 4. The van der Waals surface area contributed by atoms with Crippen LogP contribution in [-0.4, -0.2) is 36.3 Å². The predicted molar refractivity (Wildman–Crippen MR) is 104 cm³/mol. The second kappa shape index (κ2) is 6.90. The summed E-state index contributed by atoms with van der Waals surface area (Å²) in [6.07, 6.45) is 0. The molecule has 0 saturated carbocycles. The number of amides is 3. The minimum atomic E-state index is -0.458. The maximum absolute atomic E-state index is 12.2. The molecule has 4 rings (SSSR count). The lowest BCUT2D eigenvalue weighted by molar-refractivity contribution is -0.118. The van der Waals surface area contributed by atoms with Gasteiger partial charge in [-0.1, -0.05) is 0 Å². The molecule has 2 aromatic carbocycles. The van der Waals surface area contributed by atoms with E-state index < -0.39 is 17.4 Å². The number of nitrogens with one attached hydrogen (secondary N) is 1. The first-order valence-electron chi connectivity index (χ1n) is 8.77. The summed E-state index contributed by atoms with van der Waals surface area (Å²) < 4.78 is 10.6. The SMILES string of the molecule is Cc1cc(=O)oc2cc(OCC(=O)Nc3ccc4c(c3)C(=O)N(C)C4=O)ccc12. The van der Waals surface area contributed by atoms with E-state index in [0.717, 1.165) is 15.8 Å². The number of benzene rings is 2. The average molecular weight is 392 g/mol. The molecule has 8 nitrogen and oxygen atoms in total. The van der Waals surface area contributed by atoms with E-state index in [9.17, 15) is 19.2 Å². The van der Waals surface area contributed by atoms with Gasteiger partial charge in [-0.25, -0.2) is 4.79 Å². The number of anilines is 1. The lowest BCUT2D eigenvalue weighted by Crippen LogP contribution is -2.24. The number of nitrogens with zero attached hydrogens (tertiary/aromatic N) is 1. The summed E-state index contributed by atoms with van der Waals surface area (Å²) in [4.78, 5) is 48.7. The minimum absolute atomic E-state index is 0.246. The molecule has 0 atom stereocenters.